The van der Waals surface area contributed by atoms with Gasteiger partial charge in [-0.1, -0.05) is 0 Å². The first-order valence-corrected chi connectivity index (χ1v) is 6.32. The van der Waals surface area contributed by atoms with Gasteiger partial charge in [0.1, 0.15) is 6.61 Å². The zero-order valence-electron chi connectivity index (χ0n) is 11.6. The van der Waals surface area contributed by atoms with Crippen molar-refractivity contribution in [2.24, 2.45) is 0 Å². The van der Waals surface area contributed by atoms with Gasteiger partial charge in [0, 0.05) is 47.5 Å². The van der Waals surface area contributed by atoms with Gasteiger partial charge in [0.25, 0.3) is 6.47 Å². The maximum Gasteiger partial charge on any atom is 0.293 e. The van der Waals surface area contributed by atoms with Gasteiger partial charge in [-0.05, 0) is 24.3 Å². The largest absolute Gasteiger partial charge is 0.463 e. The molecule has 0 aliphatic rings. The van der Waals surface area contributed by atoms with E-state index in [2.05, 4.69) is 10.3 Å². The number of nitrogen functional groups attached to an aromatic ring is 1. The lowest BCUT2D eigenvalue weighted by molar-refractivity contribution is -0.129. The molecule has 2 rings (SSSR count). The van der Waals surface area contributed by atoms with Gasteiger partial charge in [0.2, 0.25) is 0 Å². The first-order valence-electron chi connectivity index (χ1n) is 6.32. The summed E-state index contributed by atoms with van der Waals surface area (Å²) in [5, 5.41) is 11.3. The Hall–Kier alpha value is -2.89. The summed E-state index contributed by atoms with van der Waals surface area (Å²) in [6.07, 6.45) is 3.25. The molecule has 0 fully saturated rings. The second-order valence-corrected chi connectivity index (χ2v) is 4.36. The summed E-state index contributed by atoms with van der Waals surface area (Å²) in [6, 6.07) is 6.98. The van der Waals surface area contributed by atoms with Crippen molar-refractivity contribution in [3.63, 3.8) is 0 Å². The third kappa shape index (κ3) is 3.17. The molecule has 4 N–H and O–H groups in total. The van der Waals surface area contributed by atoms with Crippen LogP contribution in [0, 0.1) is 5.41 Å². The van der Waals surface area contributed by atoms with Crippen molar-refractivity contribution in [3.8, 4) is 0 Å². The Bertz CT molecular complexity index is 656. The number of hydrogen-bond acceptors (Lipinski definition) is 6. The normalized spacial score (nSPS) is 9.95. The number of carbonyl (C=O) groups is 1. The van der Waals surface area contributed by atoms with Crippen LogP contribution in [-0.2, 0) is 16.1 Å². The van der Waals surface area contributed by atoms with Crippen molar-refractivity contribution >= 4 is 23.6 Å². The van der Waals surface area contributed by atoms with Crippen molar-refractivity contribution in [1.29, 1.82) is 5.41 Å². The molecule has 0 bridgehead atoms. The molecule has 0 atom stereocenters. The molecule has 0 unspecified atom stereocenters. The van der Waals surface area contributed by atoms with Gasteiger partial charge in [-0.2, -0.15) is 0 Å². The maximum atomic E-state index is 10.4. The van der Waals surface area contributed by atoms with E-state index in [1.165, 1.54) is 0 Å². The molecule has 0 amide bonds. The van der Waals surface area contributed by atoms with Crippen molar-refractivity contribution in [2.75, 3.05) is 18.1 Å². The highest BCUT2D eigenvalue weighted by Gasteiger charge is 2.13. The van der Waals surface area contributed by atoms with Gasteiger partial charge >= 0.3 is 0 Å². The van der Waals surface area contributed by atoms with Gasteiger partial charge in [-0.15, -0.1) is 0 Å². The number of ether oxygens (including phenoxy) is 1. The van der Waals surface area contributed by atoms with Gasteiger partial charge in [0.15, 0.2) is 0 Å². The summed E-state index contributed by atoms with van der Waals surface area (Å²) >= 11 is 0. The van der Waals surface area contributed by atoms with E-state index in [0.29, 0.717) is 23.4 Å². The molecule has 1 heterocycles. The number of rotatable bonds is 6. The molecule has 6 nitrogen and oxygen atoms in total. The first kappa shape index (κ1) is 14.5. The van der Waals surface area contributed by atoms with Crippen LogP contribution in [0.1, 0.15) is 16.7 Å². The average molecular weight is 284 g/mol. The van der Waals surface area contributed by atoms with E-state index in [4.69, 9.17) is 15.9 Å². The van der Waals surface area contributed by atoms with E-state index < -0.39 is 0 Å². The second-order valence-electron chi connectivity index (χ2n) is 4.36. The zero-order valence-corrected chi connectivity index (χ0v) is 11.6. The van der Waals surface area contributed by atoms with Crippen molar-refractivity contribution in [2.45, 2.75) is 6.61 Å². The molecule has 108 valence electrons. The summed E-state index contributed by atoms with van der Waals surface area (Å²) in [6.45, 7) is 0.514. The highest BCUT2D eigenvalue weighted by Crippen LogP contribution is 2.26. The summed E-state index contributed by atoms with van der Waals surface area (Å²) < 4.78 is 4.80. The lowest BCUT2D eigenvalue weighted by Gasteiger charge is -2.14. The van der Waals surface area contributed by atoms with Gasteiger partial charge in [-0.25, -0.2) is 0 Å². The molecule has 1 aromatic heterocycles. The number of anilines is 2. The molecule has 0 saturated heterocycles. The van der Waals surface area contributed by atoms with Gasteiger partial charge in [-0.3, -0.25) is 15.2 Å². The minimum Gasteiger partial charge on any atom is -0.463 e. The standard InChI is InChI=1S/C15H16N4O2/c1-18-14-7-13(16)12(6-11(14)8-21-9-20)15(17)10-2-4-19-5-3-10/h2-7,9,17-18H,8,16H2,1H3. The Morgan fingerprint density at radius 3 is 2.76 bits per heavy atom. The van der Waals surface area contributed by atoms with Crippen LogP contribution in [0.15, 0.2) is 36.7 Å². The van der Waals surface area contributed by atoms with Crippen LogP contribution in [0.4, 0.5) is 11.4 Å². The predicted octanol–water partition coefficient (Wildman–Crippen LogP) is 1.79. The Balaban J connectivity index is 2.43. The summed E-state index contributed by atoms with van der Waals surface area (Å²) in [4.78, 5) is 14.3. The van der Waals surface area contributed by atoms with Crippen molar-refractivity contribution in [1.82, 2.24) is 4.98 Å². The molecule has 0 aliphatic heterocycles. The first-order chi connectivity index (χ1) is 10.2. The summed E-state index contributed by atoms with van der Waals surface area (Å²) in [5.74, 6) is 0. The minimum atomic E-state index is 0.122. The van der Waals surface area contributed by atoms with Crippen LogP contribution in [0.25, 0.3) is 0 Å². The Morgan fingerprint density at radius 1 is 1.43 bits per heavy atom. The van der Waals surface area contributed by atoms with E-state index in [1.54, 1.807) is 43.7 Å². The monoisotopic (exact) mass is 284 g/mol. The predicted molar refractivity (Wildman–Crippen MR) is 81.4 cm³/mol. The lowest BCUT2D eigenvalue weighted by atomic mass is 9.98. The van der Waals surface area contributed by atoms with E-state index in [0.717, 1.165) is 16.8 Å². The number of hydrogen-bond donors (Lipinski definition) is 3. The van der Waals surface area contributed by atoms with Gasteiger partial charge < -0.3 is 15.8 Å². The molecule has 1 aromatic carbocycles. The minimum absolute atomic E-state index is 0.122. The number of nitrogens with zero attached hydrogens (tertiary/aromatic N) is 1. The molecule has 21 heavy (non-hydrogen) atoms. The van der Waals surface area contributed by atoms with Crippen LogP contribution < -0.4 is 11.1 Å². The third-order valence-electron chi connectivity index (χ3n) is 3.09. The quantitative estimate of drug-likeness (QED) is 0.426. The fourth-order valence-electron chi connectivity index (χ4n) is 2.03. The third-order valence-corrected chi connectivity index (χ3v) is 3.09. The van der Waals surface area contributed by atoms with E-state index >= 15 is 0 Å². The average Bonchev–Trinajstić information content (AvgIpc) is 2.53. The number of nitrogens with two attached hydrogens (primary N) is 1. The number of pyridine rings is 1. The number of nitrogens with one attached hydrogen (secondary N) is 2. The molecule has 0 aliphatic carbocycles. The molecule has 6 heteroatoms. The van der Waals surface area contributed by atoms with Gasteiger partial charge in [0.05, 0.1) is 5.71 Å². The summed E-state index contributed by atoms with van der Waals surface area (Å²) in [7, 11) is 1.76. The Morgan fingerprint density at radius 2 is 2.14 bits per heavy atom. The lowest BCUT2D eigenvalue weighted by Crippen LogP contribution is -2.09. The number of carbonyl (C=O) groups excluding carboxylic acids is 1. The summed E-state index contributed by atoms with van der Waals surface area (Å²) in [5.41, 5.74) is 9.63. The Kier molecular flexibility index (Phi) is 4.50. The van der Waals surface area contributed by atoms with E-state index in [9.17, 15) is 4.79 Å². The van der Waals surface area contributed by atoms with Crippen LogP contribution >= 0.6 is 0 Å². The van der Waals surface area contributed by atoms with E-state index in [1.807, 2.05) is 0 Å². The molecule has 0 spiro atoms. The molecule has 0 radical (unpaired) electrons. The van der Waals surface area contributed by atoms with Crippen LogP contribution in [0.5, 0.6) is 0 Å². The fraction of sp³-hybridized carbons (Fsp3) is 0.133. The number of aromatic nitrogens is 1. The molecule has 2 aromatic rings. The fourth-order valence-corrected chi connectivity index (χ4v) is 2.03. The van der Waals surface area contributed by atoms with Crippen molar-refractivity contribution < 1.29 is 9.53 Å². The van der Waals surface area contributed by atoms with Crippen LogP contribution in [-0.4, -0.2) is 24.2 Å². The molecular weight excluding hydrogens is 268 g/mol. The SMILES string of the molecule is CNc1cc(N)c(C(=N)c2ccncc2)cc1COC=O. The smallest absolute Gasteiger partial charge is 0.293 e. The maximum absolute atomic E-state index is 10.4. The van der Waals surface area contributed by atoms with E-state index in [-0.39, 0.29) is 6.61 Å². The highest BCUT2D eigenvalue weighted by molar-refractivity contribution is 6.14. The van der Waals surface area contributed by atoms with Crippen LogP contribution in [0.3, 0.4) is 0 Å². The number of benzene rings is 1. The van der Waals surface area contributed by atoms with Crippen molar-refractivity contribution in [3.05, 3.63) is 53.3 Å². The molecule has 0 saturated carbocycles. The highest BCUT2D eigenvalue weighted by atomic mass is 16.5. The zero-order chi connectivity index (χ0) is 15.2. The molecular formula is C15H16N4O2. The van der Waals surface area contributed by atoms with Crippen LogP contribution in [0.2, 0.25) is 0 Å². The topological polar surface area (TPSA) is 101 Å². The second kappa shape index (κ2) is 6.51. The Labute approximate surface area is 122 Å².